The molecule has 4 amide bonds. The van der Waals surface area contributed by atoms with Crippen LogP contribution in [0.1, 0.15) is 37.7 Å². The van der Waals surface area contributed by atoms with Crippen molar-refractivity contribution >= 4 is 52.5 Å². The molecule has 3 rings (SSSR count). The maximum Gasteiger partial charge on any atom is 0.343 e. The predicted molar refractivity (Wildman–Crippen MR) is 118 cm³/mol. The molecule has 0 spiro atoms. The van der Waals surface area contributed by atoms with Crippen LogP contribution in [0.5, 0.6) is 11.5 Å². The Morgan fingerprint density at radius 1 is 1.19 bits per heavy atom. The van der Waals surface area contributed by atoms with Gasteiger partial charge in [0.25, 0.3) is 11.8 Å². The summed E-state index contributed by atoms with van der Waals surface area (Å²) in [6.07, 6.45) is 5.85. The van der Waals surface area contributed by atoms with Crippen LogP contribution in [0.25, 0.3) is 6.08 Å². The number of imide groups is 2. The highest BCUT2D eigenvalue weighted by Crippen LogP contribution is 2.35. The molecule has 1 saturated heterocycles. The number of barbiturate groups is 1. The number of ether oxygens (including phenoxy) is 3. The average Bonchev–Trinajstić information content (AvgIpc) is 2.75. The predicted octanol–water partition coefficient (Wildman–Crippen LogP) is 2.65. The van der Waals surface area contributed by atoms with Gasteiger partial charge in [-0.15, -0.1) is 0 Å². The van der Waals surface area contributed by atoms with Crippen molar-refractivity contribution in [2.45, 2.75) is 38.1 Å². The lowest BCUT2D eigenvalue weighted by Crippen LogP contribution is -2.58. The van der Waals surface area contributed by atoms with Crippen LogP contribution in [-0.4, -0.2) is 55.6 Å². The van der Waals surface area contributed by atoms with Gasteiger partial charge in [-0.25, -0.2) is 9.59 Å². The lowest BCUT2D eigenvalue weighted by atomic mass is 9.93. The molecular weight excluding hydrogens is 519 g/mol. The first-order chi connectivity index (χ1) is 14.8. The highest BCUT2D eigenvalue weighted by molar-refractivity contribution is 14.1. The van der Waals surface area contributed by atoms with E-state index in [4.69, 9.17) is 9.47 Å². The van der Waals surface area contributed by atoms with E-state index in [9.17, 15) is 19.2 Å². The molecule has 1 aliphatic heterocycles. The first-order valence-corrected chi connectivity index (χ1v) is 10.9. The molecule has 1 heterocycles. The van der Waals surface area contributed by atoms with Gasteiger partial charge in [-0.1, -0.05) is 19.3 Å². The lowest BCUT2D eigenvalue weighted by Gasteiger charge is -2.35. The molecule has 1 N–H and O–H groups in total. The second kappa shape index (κ2) is 10.1. The Kier molecular flexibility index (Phi) is 7.52. The second-order valence-electron chi connectivity index (χ2n) is 7.18. The zero-order valence-electron chi connectivity index (χ0n) is 17.2. The van der Waals surface area contributed by atoms with Gasteiger partial charge in [0, 0.05) is 6.04 Å². The van der Waals surface area contributed by atoms with E-state index in [2.05, 4.69) is 10.1 Å². The van der Waals surface area contributed by atoms with Gasteiger partial charge in [-0.2, -0.15) is 0 Å². The van der Waals surface area contributed by atoms with E-state index in [1.165, 1.54) is 25.2 Å². The minimum absolute atomic E-state index is 0.119. The first-order valence-electron chi connectivity index (χ1n) is 9.83. The number of esters is 1. The fraction of sp³-hybridized carbons (Fsp3) is 0.429. The monoisotopic (exact) mass is 542 g/mol. The fourth-order valence-electron chi connectivity index (χ4n) is 3.66. The summed E-state index contributed by atoms with van der Waals surface area (Å²) >= 11 is 2.00. The van der Waals surface area contributed by atoms with Gasteiger partial charge >= 0.3 is 12.0 Å². The first kappa shape index (κ1) is 23.0. The molecule has 1 aromatic rings. The highest BCUT2D eigenvalue weighted by Gasteiger charge is 2.40. The number of benzene rings is 1. The van der Waals surface area contributed by atoms with Crippen LogP contribution in [0.15, 0.2) is 17.7 Å². The Hall–Kier alpha value is -2.63. The Morgan fingerprint density at radius 2 is 1.90 bits per heavy atom. The van der Waals surface area contributed by atoms with Crippen LogP contribution in [0.3, 0.4) is 0 Å². The summed E-state index contributed by atoms with van der Waals surface area (Å²) in [6.45, 7) is -0.289. The number of urea groups is 1. The second-order valence-corrected chi connectivity index (χ2v) is 8.35. The van der Waals surface area contributed by atoms with Crippen LogP contribution < -0.4 is 14.8 Å². The fourth-order valence-corrected chi connectivity index (χ4v) is 4.44. The Balaban J connectivity index is 1.90. The minimum atomic E-state index is -0.734. The van der Waals surface area contributed by atoms with E-state index in [1.54, 1.807) is 12.1 Å². The van der Waals surface area contributed by atoms with Crippen molar-refractivity contribution in [1.29, 1.82) is 0 Å². The molecular formula is C21H23IN2O7. The van der Waals surface area contributed by atoms with Gasteiger partial charge < -0.3 is 14.2 Å². The van der Waals surface area contributed by atoms with Crippen molar-refractivity contribution in [3.63, 3.8) is 0 Å². The van der Waals surface area contributed by atoms with Gasteiger partial charge in [0.15, 0.2) is 18.1 Å². The van der Waals surface area contributed by atoms with E-state index in [0.29, 0.717) is 20.6 Å². The molecule has 1 aromatic carbocycles. The Morgan fingerprint density at radius 3 is 2.55 bits per heavy atom. The maximum absolute atomic E-state index is 13.0. The SMILES string of the molecule is COC(=O)COc1c(I)cc(C=C2C(=O)NC(=O)N(C3CCCCC3)C2=O)cc1OC. The number of rotatable bonds is 6. The van der Waals surface area contributed by atoms with Crippen molar-refractivity contribution in [3.05, 3.63) is 26.8 Å². The van der Waals surface area contributed by atoms with E-state index in [0.717, 1.165) is 32.1 Å². The van der Waals surface area contributed by atoms with E-state index < -0.39 is 23.8 Å². The van der Waals surface area contributed by atoms with Crippen molar-refractivity contribution in [2.75, 3.05) is 20.8 Å². The smallest absolute Gasteiger partial charge is 0.343 e. The van der Waals surface area contributed by atoms with Crippen LogP contribution in [-0.2, 0) is 19.1 Å². The molecule has 2 fully saturated rings. The molecule has 0 atom stereocenters. The van der Waals surface area contributed by atoms with Crippen molar-refractivity contribution in [2.24, 2.45) is 0 Å². The van der Waals surface area contributed by atoms with Crippen molar-refractivity contribution in [3.8, 4) is 11.5 Å². The lowest BCUT2D eigenvalue weighted by molar-refractivity contribution is -0.143. The Labute approximate surface area is 193 Å². The summed E-state index contributed by atoms with van der Waals surface area (Å²) in [5.74, 6) is -1.20. The number of hydrogen-bond acceptors (Lipinski definition) is 7. The highest BCUT2D eigenvalue weighted by atomic mass is 127. The van der Waals surface area contributed by atoms with Gasteiger partial charge in [-0.3, -0.25) is 19.8 Å². The summed E-state index contributed by atoms with van der Waals surface area (Å²) in [4.78, 5) is 50.3. The van der Waals surface area contributed by atoms with Gasteiger partial charge in [0.2, 0.25) is 0 Å². The third-order valence-corrected chi connectivity index (χ3v) is 6.00. The minimum Gasteiger partial charge on any atom is -0.493 e. The molecule has 166 valence electrons. The quantitative estimate of drug-likeness (QED) is 0.255. The summed E-state index contributed by atoms with van der Waals surface area (Å²) < 4.78 is 16.0. The third-order valence-electron chi connectivity index (χ3n) is 5.20. The van der Waals surface area contributed by atoms with Crippen LogP contribution in [0.2, 0.25) is 0 Å². The number of halogens is 1. The van der Waals surface area contributed by atoms with Gasteiger partial charge in [-0.05, 0) is 59.2 Å². The van der Waals surface area contributed by atoms with E-state index >= 15 is 0 Å². The van der Waals surface area contributed by atoms with Gasteiger partial charge in [0.05, 0.1) is 17.8 Å². The number of methoxy groups -OCH3 is 2. The van der Waals surface area contributed by atoms with Crippen molar-refractivity contribution < 1.29 is 33.4 Å². The summed E-state index contributed by atoms with van der Waals surface area (Å²) in [5.41, 5.74) is 0.398. The number of amides is 4. The summed E-state index contributed by atoms with van der Waals surface area (Å²) in [6, 6.07) is 2.40. The summed E-state index contributed by atoms with van der Waals surface area (Å²) in [7, 11) is 2.70. The Bertz CT molecular complexity index is 938. The van der Waals surface area contributed by atoms with Crippen LogP contribution in [0.4, 0.5) is 4.79 Å². The van der Waals surface area contributed by atoms with Gasteiger partial charge in [0.1, 0.15) is 5.57 Å². The van der Waals surface area contributed by atoms with Crippen LogP contribution >= 0.6 is 22.6 Å². The average molecular weight is 542 g/mol. The zero-order valence-corrected chi connectivity index (χ0v) is 19.4. The molecule has 0 unspecified atom stereocenters. The normalized spacial score (nSPS) is 18.7. The van der Waals surface area contributed by atoms with E-state index in [-0.39, 0.29) is 18.2 Å². The molecule has 9 nitrogen and oxygen atoms in total. The standard InChI is InChI=1S/C21H23IN2O7/c1-29-16-10-12(9-15(22)18(16)31-11-17(25)30-2)8-14-19(26)23-21(28)24(20(14)27)13-6-4-3-5-7-13/h8-10,13H,3-7,11H2,1-2H3,(H,23,26,28). The molecule has 10 heteroatoms. The molecule has 0 aromatic heterocycles. The van der Waals surface area contributed by atoms with Crippen LogP contribution in [0, 0.1) is 3.57 Å². The number of carbonyl (C=O) groups excluding carboxylic acids is 4. The molecule has 2 aliphatic rings. The molecule has 0 radical (unpaired) electrons. The number of carbonyl (C=O) groups is 4. The number of nitrogens with one attached hydrogen (secondary N) is 1. The molecule has 1 aliphatic carbocycles. The zero-order chi connectivity index (χ0) is 22.5. The summed E-state index contributed by atoms with van der Waals surface area (Å²) in [5, 5.41) is 2.27. The molecule has 1 saturated carbocycles. The van der Waals surface area contributed by atoms with E-state index in [1.807, 2.05) is 22.6 Å². The molecule has 0 bridgehead atoms. The molecule has 31 heavy (non-hydrogen) atoms. The number of hydrogen-bond donors (Lipinski definition) is 1. The topological polar surface area (TPSA) is 111 Å². The largest absolute Gasteiger partial charge is 0.493 e. The maximum atomic E-state index is 13.0. The number of nitrogens with zero attached hydrogens (tertiary/aromatic N) is 1. The van der Waals surface area contributed by atoms with Crippen molar-refractivity contribution in [1.82, 2.24) is 10.2 Å². The third kappa shape index (κ3) is 5.17.